The third kappa shape index (κ3) is 1.92. The summed E-state index contributed by atoms with van der Waals surface area (Å²) in [6.45, 7) is 2.83. The van der Waals surface area contributed by atoms with Crippen LogP contribution >= 0.6 is 11.6 Å². The Hall–Kier alpha value is -0.690. The van der Waals surface area contributed by atoms with Crippen molar-refractivity contribution < 1.29 is 4.74 Å². The number of hydrogen-bond acceptors (Lipinski definition) is 0. The number of ether oxygens (including phenoxy) is 1. The first-order valence-electron chi connectivity index (χ1n) is 3.26. The van der Waals surface area contributed by atoms with E-state index in [2.05, 4.69) is 4.74 Å². The lowest BCUT2D eigenvalue weighted by molar-refractivity contribution is 0.0816. The number of rotatable bonds is 2. The van der Waals surface area contributed by atoms with Crippen molar-refractivity contribution >= 4 is 11.6 Å². The van der Waals surface area contributed by atoms with E-state index in [1.807, 2.05) is 31.2 Å². The molecule has 0 bridgehead atoms. The van der Waals surface area contributed by atoms with E-state index in [9.17, 15) is 0 Å². The van der Waals surface area contributed by atoms with E-state index in [-0.39, 0.29) is 0 Å². The summed E-state index contributed by atoms with van der Waals surface area (Å²) in [6.07, 6.45) is 0. The van der Waals surface area contributed by atoms with E-state index in [1.165, 1.54) is 0 Å². The number of aromatic hydroxyl groups is 1. The van der Waals surface area contributed by atoms with Crippen LogP contribution < -0.4 is 0 Å². The Labute approximate surface area is 65.6 Å². The highest BCUT2D eigenvalue weighted by molar-refractivity contribution is 6.30. The molecule has 54 valence electrons. The van der Waals surface area contributed by atoms with Gasteiger partial charge in [-0.2, -0.15) is 0 Å². The molecule has 1 aromatic rings. The molecule has 0 saturated carbocycles. The lowest BCUT2D eigenvalue weighted by Crippen LogP contribution is -1.84. The molecule has 0 aliphatic rings. The highest BCUT2D eigenvalue weighted by Gasteiger charge is 1.93. The van der Waals surface area contributed by atoms with Gasteiger partial charge in [-0.1, -0.05) is 11.6 Å². The molecule has 0 radical (unpaired) electrons. The molecule has 1 aromatic carbocycles. The molecule has 0 heterocycles. The molecular weight excluding hydrogens is 148 g/mol. The largest absolute Gasteiger partial charge is 0.583 e. The molecule has 0 unspecified atom stereocenters. The predicted molar refractivity (Wildman–Crippen MR) is 43.7 cm³/mol. The number of halogens is 1. The molecule has 0 aliphatic carbocycles. The SMILES string of the molecule is CC[OH+]c1ccc(Cl)cc1. The highest BCUT2D eigenvalue weighted by Crippen LogP contribution is 2.15. The van der Waals surface area contributed by atoms with Crippen LogP contribution in [0.25, 0.3) is 0 Å². The zero-order valence-electron chi connectivity index (χ0n) is 5.84. The lowest BCUT2D eigenvalue weighted by atomic mass is 10.3. The summed E-state index contributed by atoms with van der Waals surface area (Å²) in [4.78, 5) is 0. The smallest absolute Gasteiger partial charge is 0.254 e. The Balaban J connectivity index is 2.69. The first-order chi connectivity index (χ1) is 4.83. The Bertz CT molecular complexity index is 193. The Morgan fingerprint density at radius 2 is 1.90 bits per heavy atom. The lowest BCUT2D eigenvalue weighted by Gasteiger charge is -1.98. The van der Waals surface area contributed by atoms with Crippen LogP contribution in [-0.4, -0.2) is 11.3 Å². The molecule has 0 fully saturated rings. The van der Waals surface area contributed by atoms with E-state index < -0.39 is 0 Å². The molecule has 0 saturated heterocycles. The minimum Gasteiger partial charge on any atom is -0.583 e. The number of benzene rings is 1. The van der Waals surface area contributed by atoms with Crippen LogP contribution in [0, 0.1) is 0 Å². The van der Waals surface area contributed by atoms with Crippen LogP contribution in [0.2, 0.25) is 5.02 Å². The van der Waals surface area contributed by atoms with Crippen molar-refractivity contribution in [2.45, 2.75) is 6.92 Å². The Kier molecular flexibility index (Phi) is 2.57. The van der Waals surface area contributed by atoms with E-state index in [4.69, 9.17) is 11.6 Å². The summed E-state index contributed by atoms with van der Waals surface area (Å²) in [7, 11) is 0. The van der Waals surface area contributed by atoms with Gasteiger partial charge in [0.05, 0.1) is 0 Å². The van der Waals surface area contributed by atoms with Gasteiger partial charge < -0.3 is 4.74 Å². The van der Waals surface area contributed by atoms with Gasteiger partial charge in [0.15, 0.2) is 6.61 Å². The maximum Gasteiger partial charge on any atom is 0.254 e. The average molecular weight is 158 g/mol. The van der Waals surface area contributed by atoms with Gasteiger partial charge in [0.25, 0.3) is 5.75 Å². The van der Waals surface area contributed by atoms with Crippen LogP contribution in [0.3, 0.4) is 0 Å². The van der Waals surface area contributed by atoms with Gasteiger partial charge in [0, 0.05) is 24.1 Å². The second-order valence-corrected chi connectivity index (χ2v) is 2.39. The normalized spacial score (nSPS) is 9.40. The molecule has 1 rings (SSSR count). The Morgan fingerprint density at radius 1 is 1.30 bits per heavy atom. The molecular formula is C8H10ClO+. The maximum atomic E-state index is 5.67. The highest BCUT2D eigenvalue weighted by atomic mass is 35.5. The quantitative estimate of drug-likeness (QED) is 0.586. The maximum absolute atomic E-state index is 5.67. The van der Waals surface area contributed by atoms with E-state index in [0.29, 0.717) is 0 Å². The number of hydrogen-bond donors (Lipinski definition) is 0. The minimum atomic E-state index is 0.759. The summed E-state index contributed by atoms with van der Waals surface area (Å²) in [5.41, 5.74) is 0. The fourth-order valence-corrected chi connectivity index (χ4v) is 0.855. The molecule has 1 nitrogen and oxygen atoms in total. The fraction of sp³-hybridized carbons (Fsp3) is 0.250. The molecule has 0 amide bonds. The van der Waals surface area contributed by atoms with Crippen LogP contribution in [0.5, 0.6) is 5.75 Å². The van der Waals surface area contributed by atoms with Crippen molar-refractivity contribution in [3.63, 3.8) is 0 Å². The van der Waals surface area contributed by atoms with Crippen molar-refractivity contribution in [3.05, 3.63) is 29.3 Å². The molecule has 1 N–H and O–H groups in total. The fourth-order valence-electron chi connectivity index (χ4n) is 0.729. The number of aliphatic hydroxyl groups is 1. The van der Waals surface area contributed by atoms with Crippen molar-refractivity contribution in [1.82, 2.24) is 0 Å². The third-order valence-electron chi connectivity index (χ3n) is 1.17. The molecule has 0 spiro atoms. The summed E-state index contributed by atoms with van der Waals surface area (Å²) in [5.74, 6) is 0.993. The second-order valence-electron chi connectivity index (χ2n) is 1.95. The first-order valence-corrected chi connectivity index (χ1v) is 3.64. The van der Waals surface area contributed by atoms with Gasteiger partial charge >= 0.3 is 0 Å². The zero-order valence-corrected chi connectivity index (χ0v) is 6.60. The van der Waals surface area contributed by atoms with Crippen LogP contribution in [-0.2, 0) is 0 Å². The first kappa shape index (κ1) is 7.42. The van der Waals surface area contributed by atoms with Gasteiger partial charge in [-0.3, -0.25) is 0 Å². The van der Waals surface area contributed by atoms with Gasteiger partial charge in [0.2, 0.25) is 0 Å². The van der Waals surface area contributed by atoms with Gasteiger partial charge in [-0.25, -0.2) is 0 Å². The summed E-state index contributed by atoms with van der Waals surface area (Å²) in [5, 5.41) is 0.759. The second kappa shape index (κ2) is 3.47. The van der Waals surface area contributed by atoms with E-state index >= 15 is 0 Å². The van der Waals surface area contributed by atoms with Gasteiger partial charge in [-0.15, -0.1) is 0 Å². The van der Waals surface area contributed by atoms with Gasteiger partial charge in [0.1, 0.15) is 0 Å². The molecule has 2 heteroatoms. The van der Waals surface area contributed by atoms with Crippen molar-refractivity contribution in [2.24, 2.45) is 0 Å². The summed E-state index contributed by atoms with van der Waals surface area (Å²) >= 11 is 5.67. The summed E-state index contributed by atoms with van der Waals surface area (Å²) in [6, 6.07) is 7.50. The monoisotopic (exact) mass is 157 g/mol. The van der Waals surface area contributed by atoms with Crippen molar-refractivity contribution in [1.29, 1.82) is 0 Å². The molecule has 0 atom stereocenters. The third-order valence-corrected chi connectivity index (χ3v) is 1.42. The van der Waals surface area contributed by atoms with E-state index in [1.54, 1.807) is 0 Å². The van der Waals surface area contributed by atoms with Crippen molar-refractivity contribution in [2.75, 3.05) is 6.61 Å². The Morgan fingerprint density at radius 3 is 2.40 bits per heavy atom. The molecule has 0 aromatic heterocycles. The topological polar surface area (TPSA) is 12.8 Å². The summed E-state index contributed by atoms with van der Waals surface area (Å²) < 4.78 is 4.19. The van der Waals surface area contributed by atoms with Crippen LogP contribution in [0.1, 0.15) is 6.92 Å². The molecule has 0 aliphatic heterocycles. The minimum absolute atomic E-state index is 0.759. The van der Waals surface area contributed by atoms with Crippen LogP contribution in [0.4, 0.5) is 0 Å². The van der Waals surface area contributed by atoms with Gasteiger partial charge in [-0.05, 0) is 12.1 Å². The standard InChI is InChI=1S/C8H9ClO/c1-2-10-8-5-3-7(9)4-6-8/h3-6H,2H2,1H3/p+1. The molecule has 10 heavy (non-hydrogen) atoms. The van der Waals surface area contributed by atoms with Crippen molar-refractivity contribution in [3.8, 4) is 5.75 Å². The van der Waals surface area contributed by atoms with E-state index in [0.717, 1.165) is 17.4 Å². The van der Waals surface area contributed by atoms with Crippen LogP contribution in [0.15, 0.2) is 24.3 Å². The predicted octanol–water partition coefficient (Wildman–Crippen LogP) is 2.60. The average Bonchev–Trinajstić information content (AvgIpc) is 1.95. The zero-order chi connectivity index (χ0) is 7.40.